The average Bonchev–Trinajstić information content (AvgIpc) is 3.17. The first-order chi connectivity index (χ1) is 12.9. The molecule has 0 saturated heterocycles. The number of hydrogen-bond acceptors (Lipinski definition) is 4. The van der Waals surface area contributed by atoms with Crippen LogP contribution < -0.4 is 22.1 Å². The molecule has 2 aliphatic carbocycles. The molecule has 0 heterocycles. The van der Waals surface area contributed by atoms with E-state index in [-0.39, 0.29) is 22.9 Å². The fraction of sp³-hybridized carbons (Fsp3) is 0.333. The summed E-state index contributed by atoms with van der Waals surface area (Å²) in [4.78, 5) is 25.2. The molecule has 0 radical (unpaired) electrons. The lowest BCUT2D eigenvalue weighted by atomic mass is 9.90. The zero-order valence-corrected chi connectivity index (χ0v) is 15.1. The van der Waals surface area contributed by atoms with Crippen molar-refractivity contribution in [1.29, 1.82) is 0 Å². The molecule has 2 saturated carbocycles. The highest BCUT2D eigenvalue weighted by Crippen LogP contribution is 2.50. The Morgan fingerprint density at radius 3 is 1.33 bits per heavy atom. The Morgan fingerprint density at radius 2 is 1.00 bits per heavy atom. The average molecular weight is 364 g/mol. The zero-order valence-electron chi connectivity index (χ0n) is 15.1. The van der Waals surface area contributed by atoms with Crippen LogP contribution in [0, 0.1) is 0 Å². The van der Waals surface area contributed by atoms with Crippen LogP contribution in [0.4, 0.5) is 11.4 Å². The highest BCUT2D eigenvalue weighted by atomic mass is 16.2. The van der Waals surface area contributed by atoms with E-state index < -0.39 is 0 Å². The van der Waals surface area contributed by atoms with Crippen LogP contribution in [0.25, 0.3) is 0 Å². The monoisotopic (exact) mass is 364 g/mol. The highest BCUT2D eigenvalue weighted by Gasteiger charge is 2.55. The molecule has 2 amide bonds. The number of carbonyl (C=O) groups is 2. The van der Waals surface area contributed by atoms with E-state index in [0.717, 1.165) is 32.1 Å². The second-order valence-electron chi connectivity index (χ2n) is 7.89. The molecule has 2 bridgehead atoms. The van der Waals surface area contributed by atoms with E-state index in [9.17, 15) is 9.59 Å². The maximum absolute atomic E-state index is 12.6. The Balaban J connectivity index is 1.43. The van der Waals surface area contributed by atoms with Crippen LogP contribution in [0.3, 0.4) is 0 Å². The summed E-state index contributed by atoms with van der Waals surface area (Å²) in [7, 11) is 0. The third kappa shape index (κ3) is 3.35. The number of nitrogen functional groups attached to an aromatic ring is 2. The van der Waals surface area contributed by atoms with Gasteiger partial charge >= 0.3 is 0 Å². The van der Waals surface area contributed by atoms with Crippen molar-refractivity contribution in [2.45, 2.75) is 43.2 Å². The van der Waals surface area contributed by atoms with Crippen LogP contribution in [0.15, 0.2) is 48.5 Å². The van der Waals surface area contributed by atoms with Gasteiger partial charge < -0.3 is 22.1 Å². The van der Waals surface area contributed by atoms with Gasteiger partial charge in [-0.05, 0) is 80.6 Å². The second kappa shape index (κ2) is 6.30. The number of benzene rings is 2. The van der Waals surface area contributed by atoms with Crippen molar-refractivity contribution >= 4 is 23.2 Å². The van der Waals surface area contributed by atoms with E-state index in [1.165, 1.54) is 0 Å². The number of anilines is 2. The van der Waals surface area contributed by atoms with Gasteiger partial charge in [0.1, 0.15) is 0 Å². The summed E-state index contributed by atoms with van der Waals surface area (Å²) in [6, 6.07) is 13.9. The van der Waals surface area contributed by atoms with Gasteiger partial charge in [0.15, 0.2) is 0 Å². The van der Waals surface area contributed by atoms with Gasteiger partial charge in [-0.1, -0.05) is 0 Å². The molecule has 4 rings (SSSR count). The summed E-state index contributed by atoms with van der Waals surface area (Å²) in [5, 5.41) is 6.43. The first-order valence-electron chi connectivity index (χ1n) is 9.25. The third-order valence-electron chi connectivity index (χ3n) is 5.94. The number of hydrogen-bond donors (Lipinski definition) is 4. The van der Waals surface area contributed by atoms with Gasteiger partial charge in [0, 0.05) is 33.6 Å². The lowest BCUT2D eigenvalue weighted by molar-refractivity contribution is 0.0892. The van der Waals surface area contributed by atoms with Gasteiger partial charge in [-0.25, -0.2) is 0 Å². The SMILES string of the molecule is Nc1ccc(C(=O)NC23CCC(NC(=O)c4ccc(N)cc4)(CC2)C3)cc1. The molecule has 2 aromatic carbocycles. The molecule has 2 aromatic rings. The minimum Gasteiger partial charge on any atom is -0.399 e. The zero-order chi connectivity index (χ0) is 19.1. The van der Waals surface area contributed by atoms with E-state index in [1.54, 1.807) is 48.5 Å². The maximum atomic E-state index is 12.6. The van der Waals surface area contributed by atoms with Crippen LogP contribution >= 0.6 is 0 Å². The topological polar surface area (TPSA) is 110 Å². The summed E-state index contributed by atoms with van der Waals surface area (Å²) in [5.41, 5.74) is 13.4. The number of nitrogens with two attached hydrogens (primary N) is 2. The van der Waals surface area contributed by atoms with Crippen LogP contribution in [0.2, 0.25) is 0 Å². The molecular formula is C21H24N4O2. The number of rotatable bonds is 4. The van der Waals surface area contributed by atoms with Crippen molar-refractivity contribution in [2.75, 3.05) is 11.5 Å². The number of fused-ring (bicyclic) bond motifs is 2. The lowest BCUT2D eigenvalue weighted by Crippen LogP contribution is -2.46. The van der Waals surface area contributed by atoms with Crippen LogP contribution in [-0.4, -0.2) is 22.9 Å². The van der Waals surface area contributed by atoms with Crippen molar-refractivity contribution in [3.63, 3.8) is 0 Å². The summed E-state index contributed by atoms with van der Waals surface area (Å²) in [6.07, 6.45) is 4.25. The molecule has 0 unspecified atom stereocenters. The molecule has 27 heavy (non-hydrogen) atoms. The number of amides is 2. The van der Waals surface area contributed by atoms with Gasteiger partial charge in [0.05, 0.1) is 0 Å². The molecule has 6 N–H and O–H groups in total. The Bertz CT molecular complexity index is 793. The number of carbonyl (C=O) groups excluding carboxylic acids is 2. The quantitative estimate of drug-likeness (QED) is 0.625. The van der Waals surface area contributed by atoms with E-state index in [2.05, 4.69) is 10.6 Å². The van der Waals surface area contributed by atoms with E-state index in [1.807, 2.05) is 0 Å². The highest BCUT2D eigenvalue weighted by molar-refractivity contribution is 5.96. The van der Waals surface area contributed by atoms with E-state index in [0.29, 0.717) is 22.5 Å². The molecule has 0 spiro atoms. The standard InChI is InChI=1S/C21H24N4O2/c22-16-5-1-14(2-6-16)18(26)24-20-9-11-21(13-20,12-10-20)25-19(27)15-3-7-17(23)8-4-15/h1-8H,9-13,22-23H2,(H,24,26)(H,25,27). The third-order valence-corrected chi connectivity index (χ3v) is 5.94. The second-order valence-corrected chi connectivity index (χ2v) is 7.89. The summed E-state index contributed by atoms with van der Waals surface area (Å²) in [5.74, 6) is -0.171. The predicted octanol–water partition coefficient (Wildman–Crippen LogP) is 2.47. The molecule has 6 heteroatoms. The molecule has 0 aromatic heterocycles. The van der Waals surface area contributed by atoms with Crippen molar-refractivity contribution in [3.05, 3.63) is 59.7 Å². The van der Waals surface area contributed by atoms with Crippen molar-refractivity contribution < 1.29 is 9.59 Å². The lowest BCUT2D eigenvalue weighted by Gasteiger charge is -2.29. The Kier molecular flexibility index (Phi) is 4.06. The van der Waals surface area contributed by atoms with Gasteiger partial charge in [-0.2, -0.15) is 0 Å². The molecule has 0 aliphatic heterocycles. The van der Waals surface area contributed by atoms with Crippen molar-refractivity contribution in [2.24, 2.45) is 0 Å². The van der Waals surface area contributed by atoms with Gasteiger partial charge in [-0.15, -0.1) is 0 Å². The molecule has 2 aliphatic rings. The van der Waals surface area contributed by atoms with Crippen molar-refractivity contribution in [1.82, 2.24) is 10.6 Å². The van der Waals surface area contributed by atoms with Crippen LogP contribution in [0.1, 0.15) is 52.8 Å². The van der Waals surface area contributed by atoms with E-state index >= 15 is 0 Å². The Labute approximate surface area is 158 Å². The summed E-state index contributed by atoms with van der Waals surface area (Å²) < 4.78 is 0. The normalized spacial score (nSPS) is 25.9. The van der Waals surface area contributed by atoms with Crippen molar-refractivity contribution in [3.8, 4) is 0 Å². The fourth-order valence-electron chi connectivity index (χ4n) is 4.44. The molecule has 0 atom stereocenters. The molecule has 6 nitrogen and oxygen atoms in total. The first-order valence-corrected chi connectivity index (χ1v) is 9.25. The largest absolute Gasteiger partial charge is 0.399 e. The van der Waals surface area contributed by atoms with Crippen LogP contribution in [0.5, 0.6) is 0 Å². The predicted molar refractivity (Wildman–Crippen MR) is 105 cm³/mol. The minimum atomic E-state index is -0.243. The number of nitrogens with one attached hydrogen (secondary N) is 2. The first kappa shape index (κ1) is 17.4. The fourth-order valence-corrected chi connectivity index (χ4v) is 4.44. The maximum Gasteiger partial charge on any atom is 0.251 e. The van der Waals surface area contributed by atoms with Gasteiger partial charge in [0.25, 0.3) is 11.8 Å². The Hall–Kier alpha value is -3.02. The molecule has 2 fully saturated rings. The summed E-state index contributed by atoms with van der Waals surface area (Å²) >= 11 is 0. The van der Waals surface area contributed by atoms with E-state index in [4.69, 9.17) is 11.5 Å². The van der Waals surface area contributed by atoms with Gasteiger partial charge in [-0.3, -0.25) is 9.59 Å². The minimum absolute atomic E-state index is 0.0856. The smallest absolute Gasteiger partial charge is 0.251 e. The molecule has 140 valence electrons. The summed E-state index contributed by atoms with van der Waals surface area (Å²) in [6.45, 7) is 0. The van der Waals surface area contributed by atoms with Crippen LogP contribution in [-0.2, 0) is 0 Å². The molecular weight excluding hydrogens is 340 g/mol. The Morgan fingerprint density at radius 1 is 0.667 bits per heavy atom. The van der Waals surface area contributed by atoms with Gasteiger partial charge in [0.2, 0.25) is 0 Å².